The molecule has 1 aromatic heterocycles. The molecular weight excluding hydrogens is 412 g/mol. The fourth-order valence-corrected chi connectivity index (χ4v) is 5.84. The van der Waals surface area contributed by atoms with E-state index in [0.717, 1.165) is 49.2 Å². The van der Waals surface area contributed by atoms with E-state index in [2.05, 4.69) is 39.4 Å². The first kappa shape index (κ1) is 21.8. The number of piperidine rings is 1. The predicted molar refractivity (Wildman–Crippen MR) is 123 cm³/mol. The van der Waals surface area contributed by atoms with Gasteiger partial charge in [-0.05, 0) is 36.6 Å². The number of ether oxygens (including phenoxy) is 1. The smallest absolute Gasteiger partial charge is 0.248 e. The summed E-state index contributed by atoms with van der Waals surface area (Å²) in [6, 6.07) is 16.0. The van der Waals surface area contributed by atoms with Crippen LogP contribution >= 0.6 is 12.4 Å². The quantitative estimate of drug-likeness (QED) is 0.631. The summed E-state index contributed by atoms with van der Waals surface area (Å²) < 4.78 is 6.32. The lowest BCUT2D eigenvalue weighted by molar-refractivity contribution is -0.170. The third-order valence-electron chi connectivity index (χ3n) is 7.13. The molecule has 2 fully saturated rings. The van der Waals surface area contributed by atoms with Gasteiger partial charge in [-0.2, -0.15) is 5.10 Å². The van der Waals surface area contributed by atoms with Gasteiger partial charge in [0, 0.05) is 49.5 Å². The molecule has 1 saturated carbocycles. The number of methoxy groups -OCH3 is 1. The highest BCUT2D eigenvalue weighted by molar-refractivity contribution is 5.93. The van der Waals surface area contributed by atoms with Crippen LogP contribution in [0.25, 0.3) is 10.9 Å². The first-order valence-corrected chi connectivity index (χ1v) is 10.7. The van der Waals surface area contributed by atoms with Crippen LogP contribution in [0.5, 0.6) is 0 Å². The number of likely N-dealkylation sites (tertiary alicyclic amines) is 1. The number of aromatic nitrogens is 2. The van der Waals surface area contributed by atoms with Gasteiger partial charge in [0.25, 0.3) is 0 Å². The number of hydrogen-bond donors (Lipinski definition) is 2. The number of nitrogens with zero attached hydrogens (tertiary/aromatic N) is 2. The van der Waals surface area contributed by atoms with Gasteiger partial charge in [-0.15, -0.1) is 12.4 Å². The van der Waals surface area contributed by atoms with Crippen LogP contribution in [0.15, 0.2) is 48.5 Å². The summed E-state index contributed by atoms with van der Waals surface area (Å²) in [5.41, 5.74) is 9.01. The molecule has 164 valence electrons. The van der Waals surface area contributed by atoms with Crippen LogP contribution in [0.3, 0.4) is 0 Å². The van der Waals surface area contributed by atoms with Crippen molar-refractivity contribution in [2.75, 3.05) is 20.2 Å². The van der Waals surface area contributed by atoms with Crippen LogP contribution in [-0.2, 0) is 16.9 Å². The molecule has 3 atom stereocenters. The molecule has 1 amide bonds. The number of para-hydroxylation sites is 1. The molecule has 2 bridgehead atoms. The predicted octanol–water partition coefficient (Wildman–Crippen LogP) is 3.86. The second-order valence-corrected chi connectivity index (χ2v) is 8.68. The Hall–Kier alpha value is -2.41. The summed E-state index contributed by atoms with van der Waals surface area (Å²) in [6.07, 6.45) is 3.45. The maximum absolute atomic E-state index is 11.8. The van der Waals surface area contributed by atoms with Crippen molar-refractivity contribution in [2.24, 2.45) is 17.6 Å². The van der Waals surface area contributed by atoms with E-state index in [4.69, 9.17) is 10.5 Å². The minimum absolute atomic E-state index is 0. The lowest BCUT2D eigenvalue weighted by Crippen LogP contribution is -2.58. The number of nitrogens with two attached hydrogens (primary N) is 1. The van der Waals surface area contributed by atoms with Crippen molar-refractivity contribution in [3.63, 3.8) is 0 Å². The summed E-state index contributed by atoms with van der Waals surface area (Å²) in [7, 11) is 1.82. The van der Waals surface area contributed by atoms with Crippen LogP contribution in [-0.4, -0.2) is 41.2 Å². The number of carbonyl (C=O) groups excluding carboxylic acids is 1. The zero-order valence-electron chi connectivity index (χ0n) is 17.7. The number of primary amides is 1. The largest absolute Gasteiger partial charge is 0.373 e. The van der Waals surface area contributed by atoms with E-state index < -0.39 is 5.91 Å². The number of rotatable bonds is 5. The van der Waals surface area contributed by atoms with Gasteiger partial charge < -0.3 is 10.5 Å². The number of nitrogens with one attached hydrogen (secondary N) is 1. The van der Waals surface area contributed by atoms with E-state index in [-0.39, 0.29) is 18.0 Å². The number of fused-ring (bicyclic) bond motifs is 3. The van der Waals surface area contributed by atoms with Crippen LogP contribution in [0, 0.1) is 11.8 Å². The Kier molecular flexibility index (Phi) is 6.06. The van der Waals surface area contributed by atoms with Crippen molar-refractivity contribution in [2.45, 2.75) is 31.4 Å². The zero-order chi connectivity index (χ0) is 20.7. The summed E-state index contributed by atoms with van der Waals surface area (Å²) in [5.74, 6) is 0.336. The summed E-state index contributed by atoms with van der Waals surface area (Å²) >= 11 is 0. The van der Waals surface area contributed by atoms with E-state index in [1.54, 1.807) is 6.07 Å². The molecule has 0 unspecified atom stereocenters. The molecule has 7 heteroatoms. The van der Waals surface area contributed by atoms with Gasteiger partial charge in [0.05, 0.1) is 11.2 Å². The number of carbonyl (C=O) groups is 1. The molecule has 5 rings (SSSR count). The highest BCUT2D eigenvalue weighted by atomic mass is 35.5. The first-order valence-electron chi connectivity index (χ1n) is 10.7. The minimum Gasteiger partial charge on any atom is -0.373 e. The fourth-order valence-electron chi connectivity index (χ4n) is 5.84. The molecule has 1 saturated heterocycles. The molecule has 6 nitrogen and oxygen atoms in total. The van der Waals surface area contributed by atoms with Gasteiger partial charge in [0.15, 0.2) is 0 Å². The second-order valence-electron chi connectivity index (χ2n) is 8.68. The Balaban J connectivity index is 0.00000231. The van der Waals surface area contributed by atoms with Crippen molar-refractivity contribution in [3.8, 4) is 0 Å². The highest BCUT2D eigenvalue weighted by Gasteiger charge is 2.53. The van der Waals surface area contributed by atoms with Crippen LogP contribution in [0.4, 0.5) is 0 Å². The molecule has 2 heterocycles. The maximum atomic E-state index is 11.8. The van der Waals surface area contributed by atoms with E-state index in [9.17, 15) is 4.79 Å². The number of aromatic amines is 1. The van der Waals surface area contributed by atoms with E-state index in [0.29, 0.717) is 17.4 Å². The molecule has 3 N–H and O–H groups in total. The first-order chi connectivity index (χ1) is 14.6. The monoisotopic (exact) mass is 440 g/mol. The molecule has 3 aromatic rings. The molecule has 2 aromatic carbocycles. The van der Waals surface area contributed by atoms with Crippen molar-refractivity contribution in [1.29, 1.82) is 0 Å². The van der Waals surface area contributed by atoms with Crippen molar-refractivity contribution in [3.05, 3.63) is 65.4 Å². The lowest BCUT2D eigenvalue weighted by atomic mass is 9.62. The molecule has 0 spiro atoms. The molecule has 2 aliphatic rings. The number of amides is 1. The maximum Gasteiger partial charge on any atom is 0.248 e. The highest BCUT2D eigenvalue weighted by Crippen LogP contribution is 2.51. The standard InChI is InChI=1S/C24H28N4O2.ClH/c1-30-24(17-7-4-6-16(12-17)23(25)29)18-8-5-9-19(24)14-28(13-18)15-22-20-10-2-3-11-21(20)26-27-22;/h2-4,6-7,10-12,18-19H,5,8-9,13-15H2,1H3,(H2,25,29)(H,26,27);1H/t18-,19+,24+;. The molecular formula is C24H29ClN4O2. The number of halogens is 1. The van der Waals surface area contributed by atoms with Gasteiger partial charge in [-0.1, -0.05) is 36.8 Å². The Labute approximate surface area is 188 Å². The number of benzene rings is 2. The molecule has 1 aliphatic carbocycles. The van der Waals surface area contributed by atoms with Crippen molar-refractivity contribution < 1.29 is 9.53 Å². The normalized spacial score (nSPS) is 25.8. The van der Waals surface area contributed by atoms with E-state index >= 15 is 0 Å². The Morgan fingerprint density at radius 1 is 1.19 bits per heavy atom. The zero-order valence-corrected chi connectivity index (χ0v) is 18.5. The molecule has 1 aliphatic heterocycles. The average Bonchev–Trinajstić information content (AvgIpc) is 3.16. The summed E-state index contributed by atoms with van der Waals surface area (Å²) in [4.78, 5) is 14.3. The Morgan fingerprint density at radius 3 is 2.65 bits per heavy atom. The van der Waals surface area contributed by atoms with Crippen molar-refractivity contribution >= 4 is 29.2 Å². The SMILES string of the molecule is CO[C@@]1(c2cccc(C(N)=O)c2)[C@@H]2CCC[C@H]1CN(Cc1n[nH]c3ccccc13)C2.Cl. The van der Waals surface area contributed by atoms with Gasteiger partial charge in [0.1, 0.15) is 5.60 Å². The molecule has 0 radical (unpaired) electrons. The van der Waals surface area contributed by atoms with Gasteiger partial charge in [-0.25, -0.2) is 0 Å². The van der Waals surface area contributed by atoms with Gasteiger partial charge in [0.2, 0.25) is 5.91 Å². The summed E-state index contributed by atoms with van der Waals surface area (Å²) in [5, 5.41) is 8.93. The Morgan fingerprint density at radius 2 is 1.94 bits per heavy atom. The number of hydrogen-bond acceptors (Lipinski definition) is 4. The third kappa shape index (κ3) is 3.63. The van der Waals surface area contributed by atoms with Gasteiger partial charge in [-0.3, -0.25) is 14.8 Å². The number of H-pyrrole nitrogens is 1. The van der Waals surface area contributed by atoms with E-state index in [1.165, 1.54) is 11.8 Å². The molecule has 31 heavy (non-hydrogen) atoms. The summed E-state index contributed by atoms with van der Waals surface area (Å²) in [6.45, 7) is 2.73. The van der Waals surface area contributed by atoms with Crippen molar-refractivity contribution in [1.82, 2.24) is 15.1 Å². The van der Waals surface area contributed by atoms with Crippen LogP contribution in [0.1, 0.15) is 40.9 Å². The van der Waals surface area contributed by atoms with Crippen LogP contribution < -0.4 is 5.73 Å². The van der Waals surface area contributed by atoms with E-state index in [1.807, 2.05) is 25.3 Å². The fraction of sp³-hybridized carbons (Fsp3) is 0.417. The second kappa shape index (κ2) is 8.61. The third-order valence-corrected chi connectivity index (χ3v) is 7.13. The Bertz CT molecular complexity index is 1070. The topological polar surface area (TPSA) is 84.2 Å². The average molecular weight is 441 g/mol. The minimum atomic E-state index is -0.392. The van der Waals surface area contributed by atoms with Gasteiger partial charge >= 0.3 is 0 Å². The van der Waals surface area contributed by atoms with Crippen LogP contribution in [0.2, 0.25) is 0 Å². The lowest BCUT2D eigenvalue weighted by Gasteiger charge is -2.55.